The number of methoxy groups -OCH3 is 1. The lowest BCUT2D eigenvalue weighted by molar-refractivity contribution is -0.133. The fourth-order valence-electron chi connectivity index (χ4n) is 2.17. The third-order valence-electron chi connectivity index (χ3n) is 3.44. The number of anilines is 1. The average Bonchev–Trinajstić information content (AvgIpc) is 2.65. The average molecular weight is 320 g/mol. The second kappa shape index (κ2) is 7.75. The molecule has 0 saturated carbocycles. The molecule has 0 aromatic heterocycles. The normalized spacial score (nSPS) is 9.67. The molecule has 0 radical (unpaired) electrons. The van der Waals surface area contributed by atoms with E-state index in [1.807, 2.05) is 6.07 Å². The maximum absolute atomic E-state index is 12.3. The van der Waals surface area contributed by atoms with Crippen LogP contribution in [0.4, 0.5) is 5.69 Å². The van der Waals surface area contributed by atoms with Crippen molar-refractivity contribution in [2.45, 2.75) is 0 Å². The third kappa shape index (κ3) is 3.87. The van der Waals surface area contributed by atoms with Crippen LogP contribution in [0.5, 0.6) is 0 Å². The zero-order valence-corrected chi connectivity index (χ0v) is 13.2. The Kier molecular flexibility index (Phi) is 5.48. The van der Waals surface area contributed by atoms with Gasteiger partial charge in [-0.15, -0.1) is 0 Å². The monoisotopic (exact) mass is 320 g/mol. The van der Waals surface area contributed by atoms with Crippen molar-refractivity contribution in [1.29, 1.82) is 5.26 Å². The standard InChI is InChI=1S/C19H16N2O3/c1-13(19(23)24-2)16-8-3-4-9-17(16)21-12-18(22)15-7-5-6-14(10-15)11-20/h3-10,21H,1,12H2,2H3. The summed E-state index contributed by atoms with van der Waals surface area (Å²) in [4.78, 5) is 23.9. The van der Waals surface area contributed by atoms with E-state index < -0.39 is 5.97 Å². The number of rotatable bonds is 6. The zero-order chi connectivity index (χ0) is 17.5. The van der Waals surface area contributed by atoms with Crippen molar-refractivity contribution in [2.24, 2.45) is 0 Å². The van der Waals surface area contributed by atoms with Crippen molar-refractivity contribution in [2.75, 3.05) is 19.0 Å². The van der Waals surface area contributed by atoms with Crippen LogP contribution in [0.15, 0.2) is 55.1 Å². The summed E-state index contributed by atoms with van der Waals surface area (Å²) in [6, 6.07) is 15.5. The quantitative estimate of drug-likeness (QED) is 0.503. The highest BCUT2D eigenvalue weighted by atomic mass is 16.5. The van der Waals surface area contributed by atoms with Crippen LogP contribution in [0.3, 0.4) is 0 Å². The van der Waals surface area contributed by atoms with Gasteiger partial charge in [-0.25, -0.2) is 4.79 Å². The molecule has 0 spiro atoms. The number of nitrogens with zero attached hydrogens (tertiary/aromatic N) is 1. The molecule has 0 bridgehead atoms. The SMILES string of the molecule is C=C(C(=O)OC)c1ccccc1NCC(=O)c1cccc(C#N)c1. The Labute approximate surface area is 140 Å². The van der Waals surface area contributed by atoms with Gasteiger partial charge >= 0.3 is 5.97 Å². The number of esters is 1. The Hall–Kier alpha value is -3.39. The summed E-state index contributed by atoms with van der Waals surface area (Å²) in [5, 5.41) is 11.9. The van der Waals surface area contributed by atoms with Crippen LogP contribution in [0.25, 0.3) is 5.57 Å². The predicted octanol–water partition coefficient (Wildman–Crippen LogP) is 3.04. The molecule has 24 heavy (non-hydrogen) atoms. The Balaban J connectivity index is 2.15. The van der Waals surface area contributed by atoms with Gasteiger partial charge in [-0.2, -0.15) is 5.26 Å². The van der Waals surface area contributed by atoms with Gasteiger partial charge in [0.05, 0.1) is 30.9 Å². The molecular weight excluding hydrogens is 304 g/mol. The summed E-state index contributed by atoms with van der Waals surface area (Å²) < 4.78 is 4.68. The van der Waals surface area contributed by atoms with E-state index in [4.69, 9.17) is 5.26 Å². The van der Waals surface area contributed by atoms with Crippen molar-refractivity contribution in [3.05, 3.63) is 71.8 Å². The molecule has 0 aliphatic rings. The molecule has 0 aliphatic heterocycles. The number of hydrogen-bond donors (Lipinski definition) is 1. The summed E-state index contributed by atoms with van der Waals surface area (Å²) in [5.41, 5.74) is 2.27. The van der Waals surface area contributed by atoms with Gasteiger partial charge in [0.2, 0.25) is 0 Å². The van der Waals surface area contributed by atoms with E-state index in [0.717, 1.165) is 0 Å². The summed E-state index contributed by atoms with van der Waals surface area (Å²) in [6.45, 7) is 3.76. The van der Waals surface area contributed by atoms with E-state index in [0.29, 0.717) is 22.4 Å². The lowest BCUT2D eigenvalue weighted by Crippen LogP contribution is -2.15. The Morgan fingerprint density at radius 3 is 2.67 bits per heavy atom. The molecule has 2 rings (SSSR count). The zero-order valence-electron chi connectivity index (χ0n) is 13.2. The van der Waals surface area contributed by atoms with E-state index >= 15 is 0 Å². The smallest absolute Gasteiger partial charge is 0.337 e. The van der Waals surface area contributed by atoms with Crippen molar-refractivity contribution >= 4 is 23.0 Å². The van der Waals surface area contributed by atoms with E-state index in [1.54, 1.807) is 48.5 Å². The number of nitriles is 1. The number of Topliss-reactive ketones (excluding diaryl/α,β-unsaturated/α-hetero) is 1. The molecule has 2 aromatic carbocycles. The first kappa shape index (κ1) is 17.0. The lowest BCUT2D eigenvalue weighted by Gasteiger charge is -2.12. The minimum Gasteiger partial charge on any atom is -0.465 e. The number of hydrogen-bond acceptors (Lipinski definition) is 5. The molecule has 0 saturated heterocycles. The number of carbonyl (C=O) groups excluding carboxylic acids is 2. The van der Waals surface area contributed by atoms with E-state index in [1.165, 1.54) is 7.11 Å². The molecule has 0 unspecified atom stereocenters. The van der Waals surface area contributed by atoms with Crippen LogP contribution >= 0.6 is 0 Å². The number of carbonyl (C=O) groups is 2. The molecule has 0 atom stereocenters. The summed E-state index contributed by atoms with van der Waals surface area (Å²) in [7, 11) is 1.29. The molecule has 0 heterocycles. The molecule has 5 nitrogen and oxygen atoms in total. The number of ketones is 1. The topological polar surface area (TPSA) is 79.2 Å². The predicted molar refractivity (Wildman–Crippen MR) is 91.5 cm³/mol. The van der Waals surface area contributed by atoms with Crippen molar-refractivity contribution < 1.29 is 14.3 Å². The lowest BCUT2D eigenvalue weighted by atomic mass is 10.0. The summed E-state index contributed by atoms with van der Waals surface area (Å²) in [5.74, 6) is -0.692. The van der Waals surface area contributed by atoms with Crippen LogP contribution in [-0.4, -0.2) is 25.4 Å². The fourth-order valence-corrected chi connectivity index (χ4v) is 2.17. The van der Waals surface area contributed by atoms with Crippen LogP contribution in [0.2, 0.25) is 0 Å². The first-order valence-electron chi connectivity index (χ1n) is 7.20. The third-order valence-corrected chi connectivity index (χ3v) is 3.44. The molecular formula is C19H16N2O3. The Morgan fingerprint density at radius 2 is 1.96 bits per heavy atom. The summed E-state index contributed by atoms with van der Waals surface area (Å²) >= 11 is 0. The van der Waals surface area contributed by atoms with Gasteiger partial charge in [0.15, 0.2) is 5.78 Å². The van der Waals surface area contributed by atoms with Crippen molar-refractivity contribution in [3.8, 4) is 6.07 Å². The van der Waals surface area contributed by atoms with Crippen molar-refractivity contribution in [3.63, 3.8) is 0 Å². The molecule has 5 heteroatoms. The molecule has 0 amide bonds. The second-order valence-corrected chi connectivity index (χ2v) is 4.99. The largest absolute Gasteiger partial charge is 0.465 e. The number of benzene rings is 2. The first-order chi connectivity index (χ1) is 11.6. The molecule has 1 N–H and O–H groups in total. The van der Waals surface area contributed by atoms with Gasteiger partial charge in [0, 0.05) is 16.8 Å². The van der Waals surface area contributed by atoms with Gasteiger partial charge in [-0.1, -0.05) is 36.9 Å². The molecule has 0 fully saturated rings. The van der Waals surface area contributed by atoms with Gasteiger partial charge in [0.1, 0.15) is 0 Å². The maximum Gasteiger partial charge on any atom is 0.337 e. The summed E-state index contributed by atoms with van der Waals surface area (Å²) in [6.07, 6.45) is 0. The van der Waals surface area contributed by atoms with Crippen LogP contribution < -0.4 is 5.32 Å². The highest BCUT2D eigenvalue weighted by Gasteiger charge is 2.14. The van der Waals surface area contributed by atoms with Gasteiger partial charge in [-0.3, -0.25) is 4.79 Å². The number of para-hydroxylation sites is 1. The van der Waals surface area contributed by atoms with Crippen molar-refractivity contribution in [1.82, 2.24) is 0 Å². The number of ether oxygens (including phenoxy) is 1. The number of nitrogens with one attached hydrogen (secondary N) is 1. The highest BCUT2D eigenvalue weighted by molar-refractivity contribution is 6.17. The Bertz CT molecular complexity index is 835. The Morgan fingerprint density at radius 1 is 1.21 bits per heavy atom. The maximum atomic E-state index is 12.3. The molecule has 120 valence electrons. The van der Waals surface area contributed by atoms with E-state index in [-0.39, 0.29) is 17.9 Å². The highest BCUT2D eigenvalue weighted by Crippen LogP contribution is 2.23. The second-order valence-electron chi connectivity index (χ2n) is 4.99. The van der Waals surface area contributed by atoms with E-state index in [9.17, 15) is 9.59 Å². The first-order valence-corrected chi connectivity index (χ1v) is 7.20. The van der Waals surface area contributed by atoms with Crippen LogP contribution in [0, 0.1) is 11.3 Å². The van der Waals surface area contributed by atoms with Crippen LogP contribution in [0.1, 0.15) is 21.5 Å². The van der Waals surface area contributed by atoms with Crippen LogP contribution in [-0.2, 0) is 9.53 Å². The fraction of sp³-hybridized carbons (Fsp3) is 0.105. The molecule has 2 aromatic rings. The molecule has 0 aliphatic carbocycles. The van der Waals surface area contributed by atoms with Gasteiger partial charge in [0.25, 0.3) is 0 Å². The van der Waals surface area contributed by atoms with E-state index in [2.05, 4.69) is 16.6 Å². The minimum atomic E-state index is -0.530. The van der Waals surface area contributed by atoms with Gasteiger partial charge < -0.3 is 10.1 Å². The minimum absolute atomic E-state index is 0.0281. The van der Waals surface area contributed by atoms with Gasteiger partial charge in [-0.05, 0) is 18.2 Å².